The molecule has 0 fully saturated rings. The Morgan fingerprint density at radius 1 is 1.03 bits per heavy atom. The molecule has 0 saturated heterocycles. The lowest BCUT2D eigenvalue weighted by molar-refractivity contribution is 0.272. The molecule has 0 atom stereocenters. The van der Waals surface area contributed by atoms with Gasteiger partial charge in [0.1, 0.15) is 24.8 Å². The predicted molar refractivity (Wildman–Crippen MR) is 123 cm³/mol. The number of halogens is 2. The van der Waals surface area contributed by atoms with Gasteiger partial charge in [0.15, 0.2) is 0 Å². The molecule has 6 nitrogen and oxygen atoms in total. The van der Waals surface area contributed by atoms with Crippen LogP contribution in [0.5, 0.6) is 5.75 Å². The van der Waals surface area contributed by atoms with Crippen LogP contribution in [0.4, 0.5) is 8.78 Å². The standard InChI is InChI=1S/C25H20F2N4O2/c1-15-9-18(4-5-21(15)27)31-24-20-11-16(17-10-19(13-28-12-17)33-8-7-26)3-6-22(20)29-14-23(24)30(2)25(31)32/h3-6,9-14H,7-8H2,1-2H3. The van der Waals surface area contributed by atoms with Gasteiger partial charge in [-0.05, 0) is 54.4 Å². The molecule has 5 aromatic rings. The Kier molecular flexibility index (Phi) is 5.12. The van der Waals surface area contributed by atoms with Crippen molar-refractivity contribution in [3.8, 4) is 22.6 Å². The van der Waals surface area contributed by atoms with Crippen molar-refractivity contribution in [1.82, 2.24) is 19.1 Å². The molecule has 0 amide bonds. The number of aromatic nitrogens is 4. The minimum atomic E-state index is -0.585. The van der Waals surface area contributed by atoms with Crippen LogP contribution in [0.15, 0.2) is 65.8 Å². The van der Waals surface area contributed by atoms with Crippen molar-refractivity contribution < 1.29 is 13.5 Å². The van der Waals surface area contributed by atoms with Gasteiger partial charge < -0.3 is 4.74 Å². The number of fused-ring (bicyclic) bond motifs is 3. The Labute approximate surface area is 187 Å². The first-order valence-electron chi connectivity index (χ1n) is 10.4. The monoisotopic (exact) mass is 446 g/mol. The lowest BCUT2D eigenvalue weighted by atomic mass is 10.0. The summed E-state index contributed by atoms with van der Waals surface area (Å²) in [5, 5.41) is 0.764. The predicted octanol–water partition coefficient (Wildman–Crippen LogP) is 4.74. The summed E-state index contributed by atoms with van der Waals surface area (Å²) in [5.41, 5.74) is 4.45. The first-order valence-corrected chi connectivity index (χ1v) is 10.4. The normalized spacial score (nSPS) is 11.4. The van der Waals surface area contributed by atoms with Gasteiger partial charge in [-0.3, -0.25) is 19.1 Å². The Morgan fingerprint density at radius 2 is 1.88 bits per heavy atom. The second-order valence-electron chi connectivity index (χ2n) is 7.78. The van der Waals surface area contributed by atoms with E-state index in [4.69, 9.17) is 4.74 Å². The van der Waals surface area contributed by atoms with Crippen molar-refractivity contribution in [2.24, 2.45) is 7.05 Å². The van der Waals surface area contributed by atoms with Gasteiger partial charge in [0, 0.05) is 24.2 Å². The van der Waals surface area contributed by atoms with Crippen LogP contribution in [0.3, 0.4) is 0 Å². The molecule has 8 heteroatoms. The first-order chi connectivity index (χ1) is 16.0. The maximum absolute atomic E-state index is 13.9. The summed E-state index contributed by atoms with van der Waals surface area (Å²) in [6.07, 6.45) is 4.89. The van der Waals surface area contributed by atoms with Crippen LogP contribution in [0.25, 0.3) is 38.8 Å². The number of hydrogen-bond donors (Lipinski definition) is 0. The molecular weight excluding hydrogens is 426 g/mol. The summed E-state index contributed by atoms with van der Waals surface area (Å²) in [7, 11) is 1.69. The fourth-order valence-corrected chi connectivity index (χ4v) is 4.00. The second kappa shape index (κ2) is 8.12. The number of benzene rings is 2. The Hall–Kier alpha value is -4.07. The van der Waals surface area contributed by atoms with Gasteiger partial charge in [0.05, 0.1) is 34.6 Å². The van der Waals surface area contributed by atoms with Gasteiger partial charge in [-0.15, -0.1) is 0 Å². The zero-order valence-electron chi connectivity index (χ0n) is 18.0. The molecular formula is C25H20F2N4O2. The van der Waals surface area contributed by atoms with Gasteiger partial charge in [-0.1, -0.05) is 6.07 Å². The van der Waals surface area contributed by atoms with E-state index in [1.54, 1.807) is 49.1 Å². The van der Waals surface area contributed by atoms with Crippen molar-refractivity contribution in [2.75, 3.05) is 13.3 Å². The van der Waals surface area contributed by atoms with Crippen LogP contribution < -0.4 is 10.4 Å². The fourth-order valence-electron chi connectivity index (χ4n) is 4.00. The Bertz CT molecular complexity index is 1570. The highest BCUT2D eigenvalue weighted by atomic mass is 19.1. The quantitative estimate of drug-likeness (QED) is 0.391. The maximum atomic E-state index is 13.9. The average molecular weight is 446 g/mol. The number of imidazole rings is 1. The first kappa shape index (κ1) is 20.8. The minimum Gasteiger partial charge on any atom is -0.489 e. The minimum absolute atomic E-state index is 0.0409. The summed E-state index contributed by atoms with van der Waals surface area (Å²) in [6.45, 7) is 1.04. The van der Waals surface area contributed by atoms with Gasteiger partial charge in [0.25, 0.3) is 0 Å². The molecule has 0 bridgehead atoms. The largest absolute Gasteiger partial charge is 0.489 e. The van der Waals surface area contributed by atoms with E-state index in [9.17, 15) is 13.6 Å². The van der Waals surface area contributed by atoms with Gasteiger partial charge in [-0.2, -0.15) is 0 Å². The molecule has 0 aliphatic heterocycles. The van der Waals surface area contributed by atoms with E-state index in [-0.39, 0.29) is 18.1 Å². The molecule has 0 spiro atoms. The zero-order valence-corrected chi connectivity index (χ0v) is 18.0. The molecule has 166 valence electrons. The van der Waals surface area contributed by atoms with E-state index in [1.807, 2.05) is 18.2 Å². The SMILES string of the molecule is Cc1cc(-n2c(=O)n(C)c3cnc4ccc(-c5cncc(OCCF)c5)cc4c32)ccc1F. The lowest BCUT2D eigenvalue weighted by Crippen LogP contribution is -2.21. The van der Waals surface area contributed by atoms with E-state index in [1.165, 1.54) is 16.8 Å². The lowest BCUT2D eigenvalue weighted by Gasteiger charge is -2.10. The second-order valence-corrected chi connectivity index (χ2v) is 7.78. The molecule has 0 unspecified atom stereocenters. The summed E-state index contributed by atoms with van der Waals surface area (Å²) >= 11 is 0. The zero-order chi connectivity index (χ0) is 23.1. The molecule has 0 saturated carbocycles. The van der Waals surface area contributed by atoms with Crippen molar-refractivity contribution >= 4 is 21.9 Å². The topological polar surface area (TPSA) is 61.9 Å². The molecule has 2 aromatic carbocycles. The Morgan fingerprint density at radius 3 is 2.67 bits per heavy atom. The third-order valence-electron chi connectivity index (χ3n) is 5.68. The number of ether oxygens (including phenoxy) is 1. The van der Waals surface area contributed by atoms with Gasteiger partial charge >= 0.3 is 5.69 Å². The highest BCUT2D eigenvalue weighted by molar-refractivity contribution is 6.04. The van der Waals surface area contributed by atoms with Crippen molar-refractivity contribution in [3.63, 3.8) is 0 Å². The molecule has 0 N–H and O–H groups in total. The van der Waals surface area contributed by atoms with Crippen molar-refractivity contribution in [2.45, 2.75) is 6.92 Å². The molecule has 3 aromatic heterocycles. The number of aryl methyl sites for hydroxylation is 2. The van der Waals surface area contributed by atoms with E-state index in [0.717, 1.165) is 16.5 Å². The Balaban J connectivity index is 1.76. The van der Waals surface area contributed by atoms with E-state index >= 15 is 0 Å². The number of rotatable bonds is 5. The average Bonchev–Trinajstić information content (AvgIpc) is 3.09. The summed E-state index contributed by atoms with van der Waals surface area (Å²) in [4.78, 5) is 21.9. The summed E-state index contributed by atoms with van der Waals surface area (Å²) in [6, 6.07) is 12.1. The molecule has 33 heavy (non-hydrogen) atoms. The van der Waals surface area contributed by atoms with Crippen LogP contribution >= 0.6 is 0 Å². The van der Waals surface area contributed by atoms with Gasteiger partial charge in [-0.25, -0.2) is 13.6 Å². The smallest absolute Gasteiger partial charge is 0.333 e. The third-order valence-corrected chi connectivity index (χ3v) is 5.68. The van der Waals surface area contributed by atoms with Crippen LogP contribution in [-0.2, 0) is 7.05 Å². The molecule has 3 heterocycles. The molecule has 5 rings (SSSR count). The van der Waals surface area contributed by atoms with Crippen LogP contribution in [-0.4, -0.2) is 32.4 Å². The number of pyridine rings is 2. The van der Waals surface area contributed by atoms with Gasteiger partial charge in [0.2, 0.25) is 0 Å². The van der Waals surface area contributed by atoms with Crippen LogP contribution in [0.2, 0.25) is 0 Å². The number of nitrogens with zero attached hydrogens (tertiary/aromatic N) is 4. The summed E-state index contributed by atoms with van der Waals surface area (Å²) < 4.78 is 34.8. The highest BCUT2D eigenvalue weighted by Gasteiger charge is 2.17. The summed E-state index contributed by atoms with van der Waals surface area (Å²) in [5.74, 6) is 0.142. The van der Waals surface area contributed by atoms with Crippen molar-refractivity contribution in [3.05, 3.63) is 82.9 Å². The van der Waals surface area contributed by atoms with E-state index in [0.29, 0.717) is 33.6 Å². The van der Waals surface area contributed by atoms with Crippen LogP contribution in [0, 0.1) is 12.7 Å². The number of alkyl halides is 1. The van der Waals surface area contributed by atoms with Crippen LogP contribution in [0.1, 0.15) is 5.56 Å². The molecule has 0 aliphatic rings. The van der Waals surface area contributed by atoms with E-state index < -0.39 is 6.67 Å². The maximum Gasteiger partial charge on any atom is 0.333 e. The van der Waals surface area contributed by atoms with E-state index in [2.05, 4.69) is 9.97 Å². The number of hydrogen-bond acceptors (Lipinski definition) is 4. The van der Waals surface area contributed by atoms with Crippen molar-refractivity contribution in [1.29, 1.82) is 0 Å². The molecule has 0 aliphatic carbocycles. The third kappa shape index (κ3) is 3.53. The fraction of sp³-hybridized carbons (Fsp3) is 0.160. The highest BCUT2D eigenvalue weighted by Crippen LogP contribution is 2.31. The molecule has 0 radical (unpaired) electrons.